The maximum Gasteiger partial charge on any atom is 0.407 e. The van der Waals surface area contributed by atoms with E-state index in [1.807, 2.05) is 26.8 Å². The van der Waals surface area contributed by atoms with Crippen LogP contribution in [0.5, 0.6) is 0 Å². The van der Waals surface area contributed by atoms with Crippen LogP contribution in [0.1, 0.15) is 172 Å². The van der Waals surface area contributed by atoms with Gasteiger partial charge in [-0.2, -0.15) is 0 Å². The number of allylic oxidation sites excluding steroid dienone is 2. The average Bonchev–Trinajstić information content (AvgIpc) is 2.39. The van der Waals surface area contributed by atoms with Gasteiger partial charge in [-0.3, -0.25) is 19.2 Å². The Balaban J connectivity index is 1.84. The molecule has 21 heteroatoms. The van der Waals surface area contributed by atoms with Crippen molar-refractivity contribution in [3.63, 3.8) is 0 Å². The molecule has 3 heterocycles. The lowest BCUT2D eigenvalue weighted by Crippen LogP contribution is -2.64. The Morgan fingerprint density at radius 3 is 1.94 bits per heavy atom. The number of hydrogen-bond acceptors (Lipinski definition) is 15. The Morgan fingerprint density at radius 1 is 0.774 bits per heavy atom. The average molecular weight is 1220 g/mol. The molecule has 3 amide bonds. The lowest BCUT2D eigenvalue weighted by Gasteiger charge is -2.47. The van der Waals surface area contributed by atoms with Gasteiger partial charge >= 0.3 is 12.1 Å². The van der Waals surface area contributed by atoms with Crippen molar-refractivity contribution in [3.05, 3.63) is 23.3 Å². The number of alkyl carbamates (subject to hydrolysis) is 1. The maximum atomic E-state index is 15.4. The van der Waals surface area contributed by atoms with Gasteiger partial charge in [0.05, 0.1) is 37.1 Å². The third-order valence-electron chi connectivity index (χ3n) is 19.2. The van der Waals surface area contributed by atoms with E-state index in [0.29, 0.717) is 57.2 Å². The topological polar surface area (TPSA) is 224 Å². The first-order valence-electron chi connectivity index (χ1n) is 31.4. The molecule has 1 saturated carbocycles. The smallest absolute Gasteiger partial charge is 0.407 e. The number of carbonyl (C=O) groups is 6. The highest BCUT2D eigenvalue weighted by molar-refractivity contribution is 6.74. The number of fused-ring (bicyclic) bond motifs is 3. The molecule has 3 N–H and O–H groups in total. The summed E-state index contributed by atoms with van der Waals surface area (Å²) in [5.74, 6) is -7.92. The number of hydrogen-bond donors (Lipinski definition) is 3. The predicted molar refractivity (Wildman–Crippen MR) is 331 cm³/mol. The summed E-state index contributed by atoms with van der Waals surface area (Å²) in [6, 6.07) is -1.17. The van der Waals surface area contributed by atoms with Crippen LogP contribution >= 0.6 is 0 Å². The summed E-state index contributed by atoms with van der Waals surface area (Å²) in [5.41, 5.74) is 1.23. The van der Waals surface area contributed by atoms with Crippen LogP contribution in [0, 0.1) is 29.6 Å². The first-order chi connectivity index (χ1) is 39.1. The number of piperidine rings is 1. The molecule has 3 aliphatic heterocycles. The maximum absolute atomic E-state index is 15.4. The number of ketones is 2. The van der Waals surface area contributed by atoms with E-state index in [9.17, 15) is 24.3 Å². The summed E-state index contributed by atoms with van der Waals surface area (Å²) in [4.78, 5) is 85.4. The van der Waals surface area contributed by atoms with E-state index in [-0.39, 0.29) is 84.7 Å². The van der Waals surface area contributed by atoms with Crippen LogP contribution in [0.2, 0.25) is 36.3 Å². The SMILES string of the molecule is [B]C(=O)NCCCCCCNC(=O)OCCC1=CC(C)C[C@H](C)C[C@H](OC)[C@H]2O[C@@](O)(C(=O)C(=O)N3CCCC[C@H]3C(=O)OC(C(C)=C[C@@H]3CC[C@@H](O[Si](C)(C)C(C)(C)C)[C@H](OC)C3)[C@H](C)[C@@H](O[Si](C)(C)C(C)(C)C)CC1=O)[C@H](C)C[C@@H]2OC. The number of aliphatic hydroxyl groups is 1. The molecule has 0 aromatic heterocycles. The number of methoxy groups -OCH3 is 3. The zero-order valence-corrected chi connectivity index (χ0v) is 56.8. The van der Waals surface area contributed by atoms with Crippen molar-refractivity contribution in [1.82, 2.24) is 15.5 Å². The Bertz CT molecular complexity index is 2250. The van der Waals surface area contributed by atoms with Crippen LogP contribution in [-0.4, -0.2) is 172 Å². The molecule has 84 heavy (non-hydrogen) atoms. The van der Waals surface area contributed by atoms with Gasteiger partial charge in [-0.05, 0) is 143 Å². The van der Waals surface area contributed by atoms with Crippen LogP contribution in [0.4, 0.5) is 9.59 Å². The largest absolute Gasteiger partial charge is 0.456 e. The highest BCUT2D eigenvalue weighted by Crippen LogP contribution is 2.44. The van der Waals surface area contributed by atoms with Gasteiger partial charge in [0.25, 0.3) is 11.7 Å². The van der Waals surface area contributed by atoms with Crippen molar-refractivity contribution in [3.8, 4) is 0 Å². The minimum atomic E-state index is -2.70. The van der Waals surface area contributed by atoms with Crippen molar-refractivity contribution in [2.75, 3.05) is 47.6 Å². The van der Waals surface area contributed by atoms with Gasteiger partial charge in [0.1, 0.15) is 18.2 Å². The Morgan fingerprint density at radius 2 is 1.36 bits per heavy atom. The normalized spacial score (nSPS) is 31.7. The molecule has 2 saturated heterocycles. The van der Waals surface area contributed by atoms with E-state index in [1.54, 1.807) is 14.0 Å². The quantitative estimate of drug-likeness (QED) is 0.0360. The van der Waals surface area contributed by atoms with Gasteiger partial charge in [0.15, 0.2) is 36.1 Å². The summed E-state index contributed by atoms with van der Waals surface area (Å²) >= 11 is 0. The van der Waals surface area contributed by atoms with Crippen LogP contribution < -0.4 is 10.6 Å². The number of rotatable bonds is 19. The fraction of sp³-hybridized carbons (Fsp3) is 0.841. The van der Waals surface area contributed by atoms with Crippen molar-refractivity contribution in [2.24, 2.45) is 29.6 Å². The number of Topliss-reactive ketones (excluding diaryl/α,β-unsaturated/α-hetero) is 2. The van der Waals surface area contributed by atoms with Crippen molar-refractivity contribution < 1.29 is 71.1 Å². The monoisotopic (exact) mass is 1220 g/mol. The number of ether oxygens (including phenoxy) is 6. The molecular formula is C63H110BN3O15Si2. The number of amides is 3. The first-order valence-corrected chi connectivity index (χ1v) is 37.2. The first kappa shape index (κ1) is 73.2. The van der Waals surface area contributed by atoms with E-state index < -0.39 is 100 Å². The number of carbonyl (C=O) groups excluding carboxylic acids is 6. The molecule has 3 fully saturated rings. The summed E-state index contributed by atoms with van der Waals surface area (Å²) in [7, 11) is 5.12. The highest BCUT2D eigenvalue weighted by Gasteiger charge is 2.57. The molecule has 2 unspecified atom stereocenters. The lowest BCUT2D eigenvalue weighted by molar-refractivity contribution is -0.302. The summed E-state index contributed by atoms with van der Waals surface area (Å²) in [6.45, 7) is 32.4. The third-order valence-corrected chi connectivity index (χ3v) is 28.2. The molecule has 0 spiro atoms. The van der Waals surface area contributed by atoms with Gasteiger partial charge in [0.2, 0.25) is 5.79 Å². The van der Waals surface area contributed by atoms with Gasteiger partial charge < -0.3 is 57.9 Å². The molecule has 18 nitrogen and oxygen atoms in total. The van der Waals surface area contributed by atoms with Gasteiger partial charge in [-0.15, -0.1) is 0 Å². The Labute approximate surface area is 508 Å². The second-order valence-corrected chi connectivity index (χ2v) is 37.5. The van der Waals surface area contributed by atoms with E-state index in [4.69, 9.17) is 45.1 Å². The second-order valence-electron chi connectivity index (χ2n) is 28.0. The van der Waals surface area contributed by atoms with E-state index >= 15 is 9.59 Å². The number of nitrogens with zero attached hydrogens (tertiary/aromatic N) is 1. The standard InChI is InChI=1S/C63H110BN3O15Si2/c1-40-33-41(2)35-52(76-13)55-53(77-14)37-43(4)63(74,80-55)56(69)57(70)67-31-24-21-25-47(67)58(71)79-54(42(3)36-45-26-27-49(51(38-45)75-12)81-83(15,16)61(6,7)8)44(5)50(82-84(17,18)62(9,10)11)39-48(68)46(34-40)28-32-78-60(73)66-30-23-20-19-22-29-65-59(64)72/h34,36,40-41,43-45,47,49-55,74H,19-33,35,37-39H2,1-18H3,(H,65,72)(H,66,73)/t40?,41-,43+,44+,45-,47-,49+,50-,51+,52-,53-,54?,55+,63+/m0/s1. The van der Waals surface area contributed by atoms with Gasteiger partial charge in [-0.25, -0.2) is 9.59 Å². The zero-order valence-electron chi connectivity index (χ0n) is 54.8. The molecule has 1 aliphatic carbocycles. The van der Waals surface area contributed by atoms with Crippen LogP contribution in [0.15, 0.2) is 23.3 Å². The van der Waals surface area contributed by atoms with E-state index in [0.717, 1.165) is 37.7 Å². The van der Waals surface area contributed by atoms with Crippen molar-refractivity contribution >= 4 is 59.8 Å². The minimum Gasteiger partial charge on any atom is -0.456 e. The number of nitrogens with one attached hydrogen (secondary N) is 2. The molecule has 0 aromatic rings. The Hall–Kier alpha value is -3.28. The molecule has 0 aromatic carbocycles. The second kappa shape index (κ2) is 32.3. The summed E-state index contributed by atoms with van der Waals surface area (Å²) in [5, 5.41) is 17.5. The third kappa shape index (κ3) is 20.4. The van der Waals surface area contributed by atoms with Crippen LogP contribution in [-0.2, 0) is 56.5 Å². The molecule has 4 rings (SSSR count). The number of cyclic esters (lactones) is 1. The van der Waals surface area contributed by atoms with Crippen molar-refractivity contribution in [2.45, 2.75) is 263 Å². The summed E-state index contributed by atoms with van der Waals surface area (Å²) < 4.78 is 51.4. The molecule has 14 atom stereocenters. The number of esters is 1. The van der Waals surface area contributed by atoms with Crippen LogP contribution in [0.25, 0.3) is 0 Å². The van der Waals surface area contributed by atoms with Crippen LogP contribution in [0.3, 0.4) is 0 Å². The van der Waals surface area contributed by atoms with E-state index in [1.165, 1.54) is 19.1 Å². The molecule has 478 valence electrons. The highest BCUT2D eigenvalue weighted by atomic mass is 28.4. The van der Waals surface area contributed by atoms with Crippen molar-refractivity contribution in [1.29, 1.82) is 0 Å². The van der Waals surface area contributed by atoms with Gasteiger partial charge in [-0.1, -0.05) is 94.2 Å². The minimum absolute atomic E-state index is 0.00885. The number of unbranched alkanes of at least 4 members (excludes halogenated alkanes) is 3. The fourth-order valence-corrected chi connectivity index (χ4v) is 14.8. The molecule has 4 aliphatic rings. The summed E-state index contributed by atoms with van der Waals surface area (Å²) in [6.07, 6.45) is 7.23. The molecule has 2 bridgehead atoms. The predicted octanol–water partition coefficient (Wildman–Crippen LogP) is 10.7. The molecular weight excluding hydrogens is 1110 g/mol. The van der Waals surface area contributed by atoms with Gasteiger partial charge in [0, 0.05) is 65.6 Å². The fourth-order valence-electron chi connectivity index (χ4n) is 12.0. The lowest BCUT2D eigenvalue weighted by atomic mass is 9.81. The van der Waals surface area contributed by atoms with E-state index in [2.05, 4.69) is 91.4 Å². The Kier molecular flexibility index (Phi) is 28.1. The molecule has 2 radical (unpaired) electrons. The zero-order chi connectivity index (χ0) is 63.1.